The Hall–Kier alpha value is -2.88. The van der Waals surface area contributed by atoms with Crippen LogP contribution < -0.4 is 5.32 Å². The van der Waals surface area contributed by atoms with Gasteiger partial charge in [0.25, 0.3) is 5.91 Å². The molecule has 0 aliphatic carbocycles. The fraction of sp³-hybridized carbons (Fsp3) is 0.278. The van der Waals surface area contributed by atoms with Crippen LogP contribution in [0.3, 0.4) is 0 Å². The Bertz CT molecular complexity index is 1050. The van der Waals surface area contributed by atoms with Crippen molar-refractivity contribution in [1.29, 1.82) is 0 Å². The van der Waals surface area contributed by atoms with Crippen LogP contribution in [0.2, 0.25) is 0 Å². The molecule has 0 saturated carbocycles. The third-order valence-electron chi connectivity index (χ3n) is 3.97. The smallest absolute Gasteiger partial charge is 0.405 e. The number of nitrogens with zero attached hydrogens (tertiary/aromatic N) is 2. The van der Waals surface area contributed by atoms with Gasteiger partial charge in [0.15, 0.2) is 5.88 Å². The number of aromatic hydroxyl groups is 1. The summed E-state index contributed by atoms with van der Waals surface area (Å²) in [6, 6.07) is 4.37. The van der Waals surface area contributed by atoms with Crippen molar-refractivity contribution in [1.82, 2.24) is 15.3 Å². The Morgan fingerprint density at radius 2 is 2.14 bits per heavy atom. The SMILES string of the molecule is CC/C(=N\c1cnc(C)s1)c1c(O)[nH]c2ccc(C(=O)NCC(F)(F)F)cc12. The van der Waals surface area contributed by atoms with Crippen molar-refractivity contribution in [2.45, 2.75) is 26.4 Å². The van der Waals surface area contributed by atoms with Gasteiger partial charge in [-0.1, -0.05) is 18.3 Å². The van der Waals surface area contributed by atoms with Crippen LogP contribution in [0.15, 0.2) is 29.4 Å². The zero-order chi connectivity index (χ0) is 20.5. The molecule has 3 aromatic rings. The monoisotopic (exact) mass is 410 g/mol. The van der Waals surface area contributed by atoms with Gasteiger partial charge in [-0.2, -0.15) is 13.2 Å². The number of carbonyl (C=O) groups is 1. The van der Waals surface area contributed by atoms with Gasteiger partial charge in [-0.15, -0.1) is 0 Å². The summed E-state index contributed by atoms with van der Waals surface area (Å²) in [4.78, 5) is 23.6. The van der Waals surface area contributed by atoms with E-state index in [4.69, 9.17) is 0 Å². The number of hydrogen-bond donors (Lipinski definition) is 3. The molecule has 0 atom stereocenters. The summed E-state index contributed by atoms with van der Waals surface area (Å²) < 4.78 is 37.0. The number of halogens is 3. The number of aryl methyl sites for hydroxylation is 1. The van der Waals surface area contributed by atoms with Crippen LogP contribution in [-0.2, 0) is 0 Å². The number of hydrogen-bond acceptors (Lipinski definition) is 5. The molecule has 28 heavy (non-hydrogen) atoms. The second-order valence-electron chi connectivity index (χ2n) is 6.04. The number of alkyl halides is 3. The van der Waals surface area contributed by atoms with Gasteiger partial charge in [0, 0.05) is 16.5 Å². The first kappa shape index (κ1) is 19.9. The van der Waals surface area contributed by atoms with E-state index in [9.17, 15) is 23.1 Å². The van der Waals surface area contributed by atoms with E-state index >= 15 is 0 Å². The number of aromatic amines is 1. The largest absolute Gasteiger partial charge is 0.494 e. The molecule has 0 spiro atoms. The van der Waals surface area contributed by atoms with Crippen molar-refractivity contribution in [3.05, 3.63) is 40.5 Å². The number of fused-ring (bicyclic) bond motifs is 1. The predicted octanol–water partition coefficient (Wildman–Crippen LogP) is 4.46. The second kappa shape index (κ2) is 7.63. The maximum atomic E-state index is 12.3. The van der Waals surface area contributed by atoms with Crippen LogP contribution in [-0.4, -0.2) is 39.4 Å². The molecule has 0 aliphatic rings. The number of H-pyrrole nitrogens is 1. The maximum absolute atomic E-state index is 12.3. The third-order valence-corrected chi connectivity index (χ3v) is 4.77. The number of aliphatic imine (C=N–C) groups is 1. The molecule has 0 bridgehead atoms. The Labute approximate surface area is 162 Å². The third kappa shape index (κ3) is 4.33. The van der Waals surface area contributed by atoms with Crippen molar-refractivity contribution in [2.75, 3.05) is 6.54 Å². The Balaban J connectivity index is 2.01. The summed E-state index contributed by atoms with van der Waals surface area (Å²) in [5.41, 5.74) is 1.58. The van der Waals surface area contributed by atoms with Gasteiger partial charge in [0.1, 0.15) is 11.5 Å². The van der Waals surface area contributed by atoms with E-state index in [-0.39, 0.29) is 11.4 Å². The molecule has 10 heteroatoms. The van der Waals surface area contributed by atoms with Gasteiger partial charge in [-0.3, -0.25) is 4.79 Å². The second-order valence-corrected chi connectivity index (χ2v) is 7.25. The average Bonchev–Trinajstić information content (AvgIpc) is 3.18. The van der Waals surface area contributed by atoms with Crippen LogP contribution >= 0.6 is 11.3 Å². The topological polar surface area (TPSA) is 90.4 Å². The highest BCUT2D eigenvalue weighted by Gasteiger charge is 2.28. The molecule has 0 radical (unpaired) electrons. The molecule has 2 heterocycles. The van der Waals surface area contributed by atoms with E-state index in [0.29, 0.717) is 33.6 Å². The fourth-order valence-corrected chi connectivity index (χ4v) is 3.41. The average molecular weight is 410 g/mol. The normalized spacial score (nSPS) is 12.5. The lowest BCUT2D eigenvalue weighted by molar-refractivity contribution is -0.123. The van der Waals surface area contributed by atoms with Crippen LogP contribution in [0.1, 0.15) is 34.3 Å². The Morgan fingerprint density at radius 1 is 1.39 bits per heavy atom. The summed E-state index contributed by atoms with van der Waals surface area (Å²) in [6.45, 7) is 2.30. The number of aromatic nitrogens is 2. The first-order valence-electron chi connectivity index (χ1n) is 8.38. The molecule has 148 valence electrons. The molecule has 0 saturated heterocycles. The van der Waals surface area contributed by atoms with Gasteiger partial charge < -0.3 is 15.4 Å². The highest BCUT2D eigenvalue weighted by molar-refractivity contribution is 7.15. The number of rotatable bonds is 5. The van der Waals surface area contributed by atoms with Crippen molar-refractivity contribution in [3.63, 3.8) is 0 Å². The van der Waals surface area contributed by atoms with E-state index in [1.165, 1.54) is 29.5 Å². The van der Waals surface area contributed by atoms with Gasteiger partial charge in [-0.25, -0.2) is 9.98 Å². The molecule has 0 unspecified atom stereocenters. The van der Waals surface area contributed by atoms with Crippen LogP contribution in [0.25, 0.3) is 10.9 Å². The lowest BCUT2D eigenvalue weighted by Crippen LogP contribution is -2.33. The molecular formula is C18H17F3N4O2S. The minimum absolute atomic E-state index is 0.0566. The highest BCUT2D eigenvalue weighted by Crippen LogP contribution is 2.32. The first-order valence-corrected chi connectivity index (χ1v) is 9.19. The van der Waals surface area contributed by atoms with Crippen LogP contribution in [0.5, 0.6) is 5.88 Å². The molecule has 1 amide bonds. The van der Waals surface area contributed by atoms with Crippen molar-refractivity contribution >= 4 is 38.9 Å². The number of benzene rings is 1. The van der Waals surface area contributed by atoms with E-state index in [0.717, 1.165) is 5.01 Å². The van der Waals surface area contributed by atoms with Gasteiger partial charge in [0.05, 0.1) is 22.5 Å². The van der Waals surface area contributed by atoms with Crippen LogP contribution in [0.4, 0.5) is 18.2 Å². The van der Waals surface area contributed by atoms with E-state index in [1.807, 2.05) is 19.2 Å². The summed E-state index contributed by atoms with van der Waals surface area (Å²) >= 11 is 1.40. The Kier molecular flexibility index (Phi) is 5.41. The molecule has 1 aromatic carbocycles. The number of carbonyl (C=O) groups excluding carboxylic acids is 1. The summed E-state index contributed by atoms with van der Waals surface area (Å²) in [6.07, 6.45) is -2.38. The fourth-order valence-electron chi connectivity index (χ4n) is 2.74. The van der Waals surface area contributed by atoms with E-state index < -0.39 is 18.6 Å². The Morgan fingerprint density at radius 3 is 2.75 bits per heavy atom. The molecule has 2 aromatic heterocycles. The lowest BCUT2D eigenvalue weighted by Gasteiger charge is -2.09. The summed E-state index contributed by atoms with van der Waals surface area (Å²) in [5.74, 6) is -0.969. The predicted molar refractivity (Wildman–Crippen MR) is 102 cm³/mol. The lowest BCUT2D eigenvalue weighted by atomic mass is 10.0. The quantitative estimate of drug-likeness (QED) is 0.543. The van der Waals surface area contributed by atoms with Gasteiger partial charge in [-0.05, 0) is 31.5 Å². The first-order chi connectivity index (χ1) is 13.2. The summed E-state index contributed by atoms with van der Waals surface area (Å²) in [7, 11) is 0. The number of thiazole rings is 1. The van der Waals surface area contributed by atoms with Crippen molar-refractivity contribution in [3.8, 4) is 5.88 Å². The zero-order valence-corrected chi connectivity index (χ0v) is 15.8. The van der Waals surface area contributed by atoms with Crippen LogP contribution in [0, 0.1) is 6.92 Å². The van der Waals surface area contributed by atoms with E-state index in [2.05, 4.69) is 15.0 Å². The highest BCUT2D eigenvalue weighted by atomic mass is 32.1. The standard InChI is InChI=1S/C18H17F3N4O2S/c1-3-12(24-14-7-22-9(2)28-14)15-11-6-10(4-5-13(11)25-17(15)27)16(26)23-8-18(19,20)21/h4-7,25,27H,3,8H2,1-2H3,(H,23,26)/b24-12+. The van der Waals surface area contributed by atoms with E-state index in [1.54, 1.807) is 6.20 Å². The zero-order valence-electron chi connectivity index (χ0n) is 15.0. The minimum atomic E-state index is -4.49. The maximum Gasteiger partial charge on any atom is 0.405 e. The minimum Gasteiger partial charge on any atom is -0.494 e. The molecule has 6 nitrogen and oxygen atoms in total. The molecular weight excluding hydrogens is 393 g/mol. The molecule has 0 aliphatic heterocycles. The van der Waals surface area contributed by atoms with Crippen molar-refractivity contribution in [2.24, 2.45) is 4.99 Å². The van der Waals surface area contributed by atoms with Gasteiger partial charge in [0.2, 0.25) is 0 Å². The summed E-state index contributed by atoms with van der Waals surface area (Å²) in [5, 5.41) is 14.2. The number of nitrogens with one attached hydrogen (secondary N) is 2. The number of amides is 1. The molecule has 3 rings (SSSR count). The molecule has 3 N–H and O–H groups in total. The van der Waals surface area contributed by atoms with Gasteiger partial charge >= 0.3 is 6.18 Å². The molecule has 0 fully saturated rings. The van der Waals surface area contributed by atoms with Crippen molar-refractivity contribution < 1.29 is 23.1 Å².